The zero-order chi connectivity index (χ0) is 23.0. The van der Waals surface area contributed by atoms with Gasteiger partial charge in [-0.05, 0) is 47.5 Å². The summed E-state index contributed by atoms with van der Waals surface area (Å²) in [6.07, 6.45) is 0. The second-order valence-corrected chi connectivity index (χ2v) is 8.17. The number of rotatable bonds is 8. The first kappa shape index (κ1) is 22.7. The number of methoxy groups -OCH3 is 2. The summed E-state index contributed by atoms with van der Waals surface area (Å²) >= 11 is 0. The molecule has 0 atom stereocenters. The van der Waals surface area contributed by atoms with E-state index in [-0.39, 0.29) is 5.91 Å². The van der Waals surface area contributed by atoms with E-state index in [4.69, 9.17) is 9.47 Å². The minimum atomic E-state index is -0.0507. The van der Waals surface area contributed by atoms with Crippen LogP contribution in [0.15, 0.2) is 72.8 Å². The van der Waals surface area contributed by atoms with Crippen molar-refractivity contribution in [3.05, 3.63) is 89.5 Å². The SMILES string of the molecule is COc1ccc(CN2CCN(c3ccc(CNC(=O)c4ccccc4)cc3)CC2)cc1OC. The largest absolute Gasteiger partial charge is 0.493 e. The molecule has 0 saturated carbocycles. The fourth-order valence-electron chi connectivity index (χ4n) is 4.10. The van der Waals surface area contributed by atoms with E-state index < -0.39 is 0 Å². The van der Waals surface area contributed by atoms with E-state index in [1.54, 1.807) is 14.2 Å². The maximum absolute atomic E-state index is 12.2. The molecular formula is C27H31N3O3. The van der Waals surface area contributed by atoms with Gasteiger partial charge in [-0.15, -0.1) is 0 Å². The molecule has 4 rings (SSSR count). The lowest BCUT2D eigenvalue weighted by Gasteiger charge is -2.36. The highest BCUT2D eigenvalue weighted by Gasteiger charge is 2.18. The van der Waals surface area contributed by atoms with Gasteiger partial charge in [-0.25, -0.2) is 0 Å². The van der Waals surface area contributed by atoms with E-state index in [1.165, 1.54) is 11.3 Å². The number of carbonyl (C=O) groups is 1. The van der Waals surface area contributed by atoms with Crippen LogP contribution >= 0.6 is 0 Å². The smallest absolute Gasteiger partial charge is 0.251 e. The Morgan fingerprint density at radius 1 is 0.818 bits per heavy atom. The topological polar surface area (TPSA) is 54.0 Å². The number of anilines is 1. The van der Waals surface area contributed by atoms with Crippen molar-refractivity contribution in [3.8, 4) is 11.5 Å². The van der Waals surface area contributed by atoms with Crippen LogP contribution in [0.2, 0.25) is 0 Å². The predicted molar refractivity (Wildman–Crippen MR) is 131 cm³/mol. The zero-order valence-electron chi connectivity index (χ0n) is 19.3. The van der Waals surface area contributed by atoms with Gasteiger partial charge in [0, 0.05) is 50.5 Å². The molecule has 0 spiro atoms. The van der Waals surface area contributed by atoms with Crippen LogP contribution in [0.1, 0.15) is 21.5 Å². The van der Waals surface area contributed by atoms with Crippen LogP contribution in [-0.4, -0.2) is 51.2 Å². The average Bonchev–Trinajstić information content (AvgIpc) is 2.88. The Bertz CT molecular complexity index is 1050. The first-order chi connectivity index (χ1) is 16.2. The normalized spacial score (nSPS) is 14.1. The molecule has 1 aliphatic rings. The zero-order valence-corrected chi connectivity index (χ0v) is 19.3. The maximum Gasteiger partial charge on any atom is 0.251 e. The van der Waals surface area contributed by atoms with Crippen molar-refractivity contribution < 1.29 is 14.3 Å². The third-order valence-corrected chi connectivity index (χ3v) is 6.02. The highest BCUT2D eigenvalue weighted by Crippen LogP contribution is 2.28. The first-order valence-corrected chi connectivity index (χ1v) is 11.3. The fourth-order valence-corrected chi connectivity index (χ4v) is 4.10. The summed E-state index contributed by atoms with van der Waals surface area (Å²) in [6, 6.07) is 23.9. The lowest BCUT2D eigenvalue weighted by atomic mass is 10.1. The Morgan fingerprint density at radius 3 is 2.15 bits per heavy atom. The van der Waals surface area contributed by atoms with E-state index in [0.29, 0.717) is 12.1 Å². The van der Waals surface area contributed by atoms with E-state index in [0.717, 1.165) is 49.8 Å². The van der Waals surface area contributed by atoms with E-state index in [1.807, 2.05) is 36.4 Å². The molecule has 6 nitrogen and oxygen atoms in total. The standard InChI is InChI=1S/C27H31N3O3/c1-32-25-13-10-22(18-26(25)33-2)20-29-14-16-30(17-15-29)24-11-8-21(9-12-24)19-28-27(31)23-6-4-3-5-7-23/h3-13,18H,14-17,19-20H2,1-2H3,(H,28,31). The summed E-state index contributed by atoms with van der Waals surface area (Å²) in [6.45, 7) is 5.39. The molecule has 0 aliphatic carbocycles. The molecule has 0 aromatic heterocycles. The quantitative estimate of drug-likeness (QED) is 0.569. The number of benzene rings is 3. The molecule has 1 aliphatic heterocycles. The second kappa shape index (κ2) is 10.9. The Hall–Kier alpha value is -3.51. The summed E-state index contributed by atoms with van der Waals surface area (Å²) in [5.41, 5.74) is 4.22. The van der Waals surface area contributed by atoms with E-state index in [2.05, 4.69) is 51.5 Å². The highest BCUT2D eigenvalue weighted by molar-refractivity contribution is 5.94. The predicted octanol–water partition coefficient (Wildman–Crippen LogP) is 3.96. The Balaban J connectivity index is 1.26. The van der Waals surface area contributed by atoms with Crippen molar-refractivity contribution in [2.75, 3.05) is 45.3 Å². The molecular weight excluding hydrogens is 414 g/mol. The molecule has 3 aromatic rings. The van der Waals surface area contributed by atoms with Gasteiger partial charge in [0.2, 0.25) is 0 Å². The number of hydrogen-bond donors (Lipinski definition) is 1. The number of hydrogen-bond acceptors (Lipinski definition) is 5. The van der Waals surface area contributed by atoms with Crippen LogP contribution < -0.4 is 19.7 Å². The number of carbonyl (C=O) groups excluding carboxylic acids is 1. The van der Waals surface area contributed by atoms with Gasteiger partial charge in [-0.2, -0.15) is 0 Å². The third kappa shape index (κ3) is 5.84. The van der Waals surface area contributed by atoms with Crippen LogP contribution in [0.3, 0.4) is 0 Å². The number of nitrogens with one attached hydrogen (secondary N) is 1. The first-order valence-electron chi connectivity index (χ1n) is 11.3. The number of piperazine rings is 1. The molecule has 1 N–H and O–H groups in total. The molecule has 33 heavy (non-hydrogen) atoms. The third-order valence-electron chi connectivity index (χ3n) is 6.02. The molecule has 0 radical (unpaired) electrons. The van der Waals surface area contributed by atoms with Crippen molar-refractivity contribution >= 4 is 11.6 Å². The molecule has 172 valence electrons. The summed E-state index contributed by atoms with van der Waals surface area (Å²) < 4.78 is 10.8. The van der Waals surface area contributed by atoms with Gasteiger partial charge in [0.25, 0.3) is 5.91 Å². The van der Waals surface area contributed by atoms with Crippen molar-refractivity contribution in [1.29, 1.82) is 0 Å². The van der Waals surface area contributed by atoms with Gasteiger partial charge in [0.05, 0.1) is 14.2 Å². The number of ether oxygens (including phenoxy) is 2. The molecule has 3 aromatic carbocycles. The summed E-state index contributed by atoms with van der Waals surface area (Å²) in [5, 5.41) is 2.98. The molecule has 1 amide bonds. The Morgan fingerprint density at radius 2 is 1.48 bits per heavy atom. The van der Waals surface area contributed by atoms with Gasteiger partial charge in [0.15, 0.2) is 11.5 Å². The molecule has 1 fully saturated rings. The van der Waals surface area contributed by atoms with Crippen LogP contribution in [0.4, 0.5) is 5.69 Å². The van der Waals surface area contributed by atoms with E-state index in [9.17, 15) is 4.79 Å². The molecule has 0 unspecified atom stereocenters. The van der Waals surface area contributed by atoms with Crippen LogP contribution in [0.25, 0.3) is 0 Å². The number of nitrogens with zero attached hydrogens (tertiary/aromatic N) is 2. The lowest BCUT2D eigenvalue weighted by Crippen LogP contribution is -2.45. The maximum atomic E-state index is 12.2. The van der Waals surface area contributed by atoms with Crippen molar-refractivity contribution in [2.45, 2.75) is 13.1 Å². The number of amides is 1. The van der Waals surface area contributed by atoms with Crippen LogP contribution in [0.5, 0.6) is 11.5 Å². The molecule has 6 heteroatoms. The second-order valence-electron chi connectivity index (χ2n) is 8.17. The van der Waals surface area contributed by atoms with Crippen molar-refractivity contribution in [3.63, 3.8) is 0 Å². The minimum Gasteiger partial charge on any atom is -0.493 e. The van der Waals surface area contributed by atoms with Gasteiger partial charge in [0.1, 0.15) is 0 Å². The van der Waals surface area contributed by atoms with Crippen LogP contribution in [0, 0.1) is 0 Å². The van der Waals surface area contributed by atoms with E-state index >= 15 is 0 Å². The molecule has 0 bridgehead atoms. The monoisotopic (exact) mass is 445 g/mol. The van der Waals surface area contributed by atoms with Gasteiger partial charge in [-0.3, -0.25) is 9.69 Å². The van der Waals surface area contributed by atoms with Gasteiger partial charge < -0.3 is 19.7 Å². The average molecular weight is 446 g/mol. The van der Waals surface area contributed by atoms with Crippen molar-refractivity contribution in [1.82, 2.24) is 10.2 Å². The summed E-state index contributed by atoms with van der Waals surface area (Å²) in [7, 11) is 3.33. The summed E-state index contributed by atoms with van der Waals surface area (Å²) in [4.78, 5) is 17.1. The molecule has 1 heterocycles. The fraction of sp³-hybridized carbons (Fsp3) is 0.296. The Labute approximate surface area is 195 Å². The molecule has 1 saturated heterocycles. The lowest BCUT2D eigenvalue weighted by molar-refractivity contribution is 0.0951. The summed E-state index contributed by atoms with van der Waals surface area (Å²) in [5.74, 6) is 1.48. The van der Waals surface area contributed by atoms with Crippen LogP contribution in [-0.2, 0) is 13.1 Å². The minimum absolute atomic E-state index is 0.0507. The van der Waals surface area contributed by atoms with Gasteiger partial charge >= 0.3 is 0 Å². The Kier molecular flexibility index (Phi) is 7.47. The van der Waals surface area contributed by atoms with Crippen molar-refractivity contribution in [2.24, 2.45) is 0 Å². The highest BCUT2D eigenvalue weighted by atomic mass is 16.5. The van der Waals surface area contributed by atoms with Gasteiger partial charge in [-0.1, -0.05) is 36.4 Å².